The first-order chi connectivity index (χ1) is 17.6. The predicted molar refractivity (Wildman–Crippen MR) is 138 cm³/mol. The van der Waals surface area contributed by atoms with Gasteiger partial charge < -0.3 is 9.47 Å². The topological polar surface area (TPSA) is 85.3 Å². The second-order valence-electron chi connectivity index (χ2n) is 9.28. The normalized spacial score (nSPS) is 18.1. The highest BCUT2D eigenvalue weighted by molar-refractivity contribution is 7.99. The summed E-state index contributed by atoms with van der Waals surface area (Å²) < 4.78 is 14.1. The molecule has 2 saturated heterocycles. The van der Waals surface area contributed by atoms with E-state index >= 15 is 0 Å². The number of rotatable bonds is 7. The number of nitrogens with zero attached hydrogens (tertiary/aromatic N) is 5. The highest BCUT2D eigenvalue weighted by atomic mass is 32.2. The van der Waals surface area contributed by atoms with Crippen molar-refractivity contribution in [2.45, 2.75) is 41.5 Å². The molecule has 3 heterocycles. The molecule has 2 aromatic carbocycles. The summed E-state index contributed by atoms with van der Waals surface area (Å²) in [7, 11) is 0. The largest absolute Gasteiger partial charge is 0.381 e. The van der Waals surface area contributed by atoms with Gasteiger partial charge in [0.25, 0.3) is 0 Å². The van der Waals surface area contributed by atoms with Crippen molar-refractivity contribution in [3.05, 3.63) is 70.4 Å². The van der Waals surface area contributed by atoms with Gasteiger partial charge in [-0.3, -0.25) is 9.47 Å². The molecule has 0 atom stereocenters. The second-order valence-corrected chi connectivity index (χ2v) is 10.4. The number of nitriles is 1. The third-order valence-electron chi connectivity index (χ3n) is 7.05. The molecule has 2 fully saturated rings. The third kappa shape index (κ3) is 5.27. The molecule has 1 aromatic heterocycles. The number of ether oxygens (including phenoxy) is 2. The number of aryl methyl sites for hydroxylation is 1. The van der Waals surface area contributed by atoms with Crippen molar-refractivity contribution in [1.82, 2.24) is 19.2 Å². The van der Waals surface area contributed by atoms with Crippen LogP contribution >= 0.6 is 11.8 Å². The van der Waals surface area contributed by atoms with Crippen LogP contribution < -0.4 is 5.69 Å². The molecule has 0 amide bonds. The minimum absolute atomic E-state index is 0.118. The molecule has 0 N–H and O–H groups in total. The molecule has 3 aromatic rings. The van der Waals surface area contributed by atoms with Crippen LogP contribution in [0.15, 0.2) is 63.1 Å². The number of aromatic nitrogens is 3. The molecule has 9 heteroatoms. The first-order valence-corrected chi connectivity index (χ1v) is 13.2. The Morgan fingerprint density at radius 3 is 2.44 bits per heavy atom. The van der Waals surface area contributed by atoms with E-state index in [1.807, 2.05) is 43.3 Å². The number of hydrogen-bond donors (Lipinski definition) is 0. The Kier molecular flexibility index (Phi) is 7.58. The van der Waals surface area contributed by atoms with E-state index in [0.29, 0.717) is 25.6 Å². The summed E-state index contributed by atoms with van der Waals surface area (Å²) >= 11 is 1.65. The minimum Gasteiger partial charge on any atom is -0.381 e. The van der Waals surface area contributed by atoms with E-state index in [9.17, 15) is 10.1 Å². The maximum absolute atomic E-state index is 13.1. The fraction of sp³-hybridized carbons (Fsp3) is 0.444. The monoisotopic (exact) mass is 505 g/mol. The molecular weight excluding hydrogens is 474 g/mol. The maximum atomic E-state index is 13.1. The fourth-order valence-electron chi connectivity index (χ4n) is 4.82. The van der Waals surface area contributed by atoms with Gasteiger partial charge in [0.2, 0.25) is 0 Å². The summed E-state index contributed by atoms with van der Waals surface area (Å²) in [5.74, 6) is 0.711. The van der Waals surface area contributed by atoms with Crippen molar-refractivity contribution in [2.75, 3.05) is 46.1 Å². The zero-order chi connectivity index (χ0) is 25.0. The zero-order valence-corrected chi connectivity index (χ0v) is 21.4. The molecule has 0 saturated carbocycles. The number of hydrogen-bond acceptors (Lipinski definition) is 7. The van der Waals surface area contributed by atoms with Crippen LogP contribution in [0.25, 0.3) is 5.69 Å². The van der Waals surface area contributed by atoms with E-state index in [-0.39, 0.29) is 5.69 Å². The summed E-state index contributed by atoms with van der Waals surface area (Å²) in [4.78, 5) is 17.5. The summed E-state index contributed by atoms with van der Waals surface area (Å²) in [5, 5.41) is 14.4. The van der Waals surface area contributed by atoms with Crippen LogP contribution in [0, 0.1) is 18.3 Å². The highest BCUT2D eigenvalue weighted by Gasteiger charge is 2.34. The van der Waals surface area contributed by atoms with Gasteiger partial charge >= 0.3 is 5.69 Å². The Morgan fingerprint density at radius 2 is 1.72 bits per heavy atom. The van der Waals surface area contributed by atoms with Gasteiger partial charge in [-0.25, -0.2) is 4.79 Å². The first-order valence-electron chi connectivity index (χ1n) is 12.4. The fourth-order valence-corrected chi connectivity index (χ4v) is 5.70. The summed E-state index contributed by atoms with van der Waals surface area (Å²) in [5.41, 5.74) is 1.21. The van der Waals surface area contributed by atoms with E-state index in [0.717, 1.165) is 66.7 Å². The van der Waals surface area contributed by atoms with Crippen LogP contribution in [0.5, 0.6) is 0 Å². The lowest BCUT2D eigenvalue weighted by atomic mass is 9.75. The molecule has 188 valence electrons. The number of morpholine rings is 1. The lowest BCUT2D eigenvalue weighted by molar-refractivity contribution is 0.0362. The first kappa shape index (κ1) is 24.8. The van der Waals surface area contributed by atoms with Gasteiger partial charge in [0.15, 0.2) is 0 Å². The maximum Gasteiger partial charge on any atom is 0.350 e. The summed E-state index contributed by atoms with van der Waals surface area (Å²) in [6, 6.07) is 18.7. The van der Waals surface area contributed by atoms with Crippen molar-refractivity contribution in [3.63, 3.8) is 0 Å². The molecule has 0 aliphatic carbocycles. The van der Waals surface area contributed by atoms with Crippen LogP contribution in [0.4, 0.5) is 0 Å². The molecular formula is C27H31N5O3S. The lowest BCUT2D eigenvalue weighted by Crippen LogP contribution is -2.39. The molecule has 0 radical (unpaired) electrons. The predicted octanol–water partition coefficient (Wildman–Crippen LogP) is 3.40. The Hall–Kier alpha value is -2.90. The quantitative estimate of drug-likeness (QED) is 0.487. The van der Waals surface area contributed by atoms with Crippen molar-refractivity contribution < 1.29 is 9.47 Å². The zero-order valence-electron chi connectivity index (χ0n) is 20.6. The van der Waals surface area contributed by atoms with E-state index in [1.165, 1.54) is 4.68 Å². The molecule has 0 unspecified atom stereocenters. The summed E-state index contributed by atoms with van der Waals surface area (Å²) in [6.45, 7) is 7.83. The van der Waals surface area contributed by atoms with Gasteiger partial charge in [-0.05, 0) is 61.7 Å². The lowest BCUT2D eigenvalue weighted by Gasteiger charge is -2.31. The molecule has 0 spiro atoms. The minimum atomic E-state index is -0.474. The molecule has 2 aliphatic rings. The Morgan fingerprint density at radius 1 is 1.00 bits per heavy atom. The average Bonchev–Trinajstić information content (AvgIpc) is 3.21. The highest BCUT2D eigenvalue weighted by Crippen LogP contribution is 2.37. The number of benzene rings is 2. The third-order valence-corrected chi connectivity index (χ3v) is 8.05. The van der Waals surface area contributed by atoms with Crippen molar-refractivity contribution in [1.29, 1.82) is 5.26 Å². The van der Waals surface area contributed by atoms with E-state index in [2.05, 4.69) is 28.2 Å². The van der Waals surface area contributed by atoms with Crippen molar-refractivity contribution in [2.24, 2.45) is 0 Å². The van der Waals surface area contributed by atoms with E-state index in [4.69, 9.17) is 9.47 Å². The Bertz CT molecular complexity index is 1280. The van der Waals surface area contributed by atoms with Crippen LogP contribution in [-0.2, 0) is 21.4 Å². The Balaban J connectivity index is 1.29. The molecule has 2 aliphatic heterocycles. The van der Waals surface area contributed by atoms with Crippen LogP contribution in [0.2, 0.25) is 0 Å². The van der Waals surface area contributed by atoms with Crippen molar-refractivity contribution in [3.8, 4) is 11.8 Å². The Labute approximate surface area is 215 Å². The van der Waals surface area contributed by atoms with Crippen LogP contribution in [0.1, 0.15) is 24.2 Å². The SMILES string of the molecule is Cc1nn(-c2ccc(Sc3cccc(C4(C#N)CCOCC4)c3)cc2)c(=O)n1CCN1CCOCC1. The summed E-state index contributed by atoms with van der Waals surface area (Å²) in [6.07, 6.45) is 1.44. The van der Waals surface area contributed by atoms with Gasteiger partial charge in [0, 0.05) is 49.2 Å². The molecule has 8 nitrogen and oxygen atoms in total. The standard InChI is InChI=1S/C27H31N5O3S/c1-21-29-32(26(33)31(21)12-11-30-13-17-35-18-14-30)23-5-7-24(8-6-23)36-25-4-2-3-22(19-25)27(20-28)9-15-34-16-10-27/h2-8,19H,9-18H2,1H3. The van der Waals surface area contributed by atoms with Crippen LogP contribution in [0.3, 0.4) is 0 Å². The molecule has 36 heavy (non-hydrogen) atoms. The van der Waals surface area contributed by atoms with Gasteiger partial charge in [0.1, 0.15) is 5.82 Å². The van der Waals surface area contributed by atoms with E-state index < -0.39 is 5.41 Å². The van der Waals surface area contributed by atoms with E-state index in [1.54, 1.807) is 16.3 Å². The van der Waals surface area contributed by atoms with Gasteiger partial charge in [-0.1, -0.05) is 23.9 Å². The second kappa shape index (κ2) is 11.0. The van der Waals surface area contributed by atoms with Crippen molar-refractivity contribution >= 4 is 11.8 Å². The smallest absolute Gasteiger partial charge is 0.350 e. The van der Waals surface area contributed by atoms with Gasteiger partial charge in [0.05, 0.1) is 30.4 Å². The average molecular weight is 506 g/mol. The van der Waals surface area contributed by atoms with Gasteiger partial charge in [-0.15, -0.1) is 0 Å². The van der Waals surface area contributed by atoms with Gasteiger partial charge in [-0.2, -0.15) is 15.0 Å². The molecule has 5 rings (SSSR count). The van der Waals surface area contributed by atoms with Crippen LogP contribution in [-0.4, -0.2) is 65.3 Å². The molecule has 0 bridgehead atoms.